The minimum atomic E-state index is -0.252. The minimum absolute atomic E-state index is 0.252. The summed E-state index contributed by atoms with van der Waals surface area (Å²) in [6, 6.07) is 15.9. The summed E-state index contributed by atoms with van der Waals surface area (Å²) in [7, 11) is 2.16. The second kappa shape index (κ2) is 10.4. The molecule has 0 bridgehead atoms. The molecular weight excluding hydrogens is 472 g/mol. The number of aryl methyl sites for hydroxylation is 1. The molecule has 2 N–H and O–H groups in total. The van der Waals surface area contributed by atoms with E-state index in [1.165, 1.54) is 23.5 Å². The van der Waals surface area contributed by atoms with Crippen LogP contribution in [0.5, 0.6) is 0 Å². The van der Waals surface area contributed by atoms with Gasteiger partial charge in [-0.25, -0.2) is 4.98 Å². The summed E-state index contributed by atoms with van der Waals surface area (Å²) in [6.45, 7) is 9.79. The Morgan fingerprint density at radius 1 is 1.11 bits per heavy atom. The molecule has 0 atom stereocenters. The van der Waals surface area contributed by atoms with E-state index < -0.39 is 0 Å². The Balaban J connectivity index is 1.38. The van der Waals surface area contributed by atoms with Crippen LogP contribution in [0.25, 0.3) is 5.52 Å². The van der Waals surface area contributed by atoms with E-state index in [9.17, 15) is 4.79 Å². The van der Waals surface area contributed by atoms with Crippen molar-refractivity contribution in [2.45, 2.75) is 16.8 Å². The molecule has 2 aromatic carbocycles. The van der Waals surface area contributed by atoms with Crippen molar-refractivity contribution in [3.63, 3.8) is 0 Å². The predicted octanol–water partition coefficient (Wildman–Crippen LogP) is 4.20. The molecule has 1 aliphatic heterocycles. The van der Waals surface area contributed by atoms with Crippen molar-refractivity contribution in [3.05, 3.63) is 72.9 Å². The summed E-state index contributed by atoms with van der Waals surface area (Å²) < 4.78 is 1.58. The number of anilines is 4. The summed E-state index contributed by atoms with van der Waals surface area (Å²) in [4.78, 5) is 22.2. The van der Waals surface area contributed by atoms with E-state index in [0.717, 1.165) is 52.9 Å². The lowest BCUT2D eigenvalue weighted by atomic mass is 10.1. The van der Waals surface area contributed by atoms with Gasteiger partial charge in [0, 0.05) is 48.1 Å². The average molecular weight is 501 g/mol. The largest absolute Gasteiger partial charge is 0.369 e. The number of carbonyl (C=O) groups is 1. The van der Waals surface area contributed by atoms with Crippen molar-refractivity contribution in [1.29, 1.82) is 0 Å². The van der Waals surface area contributed by atoms with Gasteiger partial charge >= 0.3 is 0 Å². The Morgan fingerprint density at radius 2 is 1.94 bits per heavy atom. The number of piperazine rings is 1. The van der Waals surface area contributed by atoms with Crippen LogP contribution in [0.1, 0.15) is 5.56 Å². The Labute approximate surface area is 214 Å². The van der Waals surface area contributed by atoms with Gasteiger partial charge in [-0.3, -0.25) is 4.79 Å². The molecule has 1 aliphatic rings. The molecule has 36 heavy (non-hydrogen) atoms. The molecule has 1 saturated heterocycles. The highest BCUT2D eigenvalue weighted by Gasteiger charge is 2.16. The second-order valence-electron chi connectivity index (χ2n) is 8.68. The number of amides is 1. The van der Waals surface area contributed by atoms with Crippen LogP contribution in [0.15, 0.2) is 77.3 Å². The SMILES string of the molecule is C=CC(=O)Nc1cccc(Sc2nc(Nc3ccc(N4CCN(C)CC4)cc3C)nn3nccc23)c1. The lowest BCUT2D eigenvalue weighted by Gasteiger charge is -2.34. The molecule has 0 spiro atoms. The summed E-state index contributed by atoms with van der Waals surface area (Å²) in [6.07, 6.45) is 2.95. The third-order valence-electron chi connectivity index (χ3n) is 6.07. The molecule has 10 heteroatoms. The molecule has 0 radical (unpaired) electrons. The number of aromatic nitrogens is 4. The fourth-order valence-corrected chi connectivity index (χ4v) is 4.98. The number of nitrogens with one attached hydrogen (secondary N) is 2. The molecule has 9 nitrogen and oxygen atoms in total. The van der Waals surface area contributed by atoms with Crippen molar-refractivity contribution in [2.24, 2.45) is 0 Å². The van der Waals surface area contributed by atoms with Crippen LogP contribution in [0, 0.1) is 6.92 Å². The van der Waals surface area contributed by atoms with Gasteiger partial charge in [0.25, 0.3) is 0 Å². The van der Waals surface area contributed by atoms with Gasteiger partial charge in [-0.1, -0.05) is 24.4 Å². The van der Waals surface area contributed by atoms with Crippen LogP contribution in [-0.4, -0.2) is 63.8 Å². The van der Waals surface area contributed by atoms with E-state index in [1.807, 2.05) is 30.3 Å². The lowest BCUT2D eigenvalue weighted by Crippen LogP contribution is -2.44. The third-order valence-corrected chi connectivity index (χ3v) is 7.05. The number of hydrogen-bond donors (Lipinski definition) is 2. The summed E-state index contributed by atoms with van der Waals surface area (Å²) >= 11 is 1.48. The van der Waals surface area contributed by atoms with Gasteiger partial charge in [-0.05, 0) is 68.1 Å². The maximum absolute atomic E-state index is 11.7. The van der Waals surface area contributed by atoms with E-state index in [1.54, 1.807) is 10.8 Å². The van der Waals surface area contributed by atoms with Crippen molar-refractivity contribution in [2.75, 3.05) is 48.8 Å². The highest BCUT2D eigenvalue weighted by Crippen LogP contribution is 2.32. The minimum Gasteiger partial charge on any atom is -0.369 e. The molecule has 184 valence electrons. The van der Waals surface area contributed by atoms with E-state index in [2.05, 4.69) is 69.4 Å². The Bertz CT molecular complexity index is 1410. The number of benzene rings is 2. The molecule has 0 saturated carbocycles. The van der Waals surface area contributed by atoms with Gasteiger partial charge in [0.05, 0.1) is 6.20 Å². The zero-order valence-electron chi connectivity index (χ0n) is 20.3. The number of rotatable bonds is 7. The quantitative estimate of drug-likeness (QED) is 0.365. The van der Waals surface area contributed by atoms with Crippen LogP contribution in [0.2, 0.25) is 0 Å². The molecule has 1 amide bonds. The van der Waals surface area contributed by atoms with Crippen LogP contribution >= 0.6 is 11.8 Å². The van der Waals surface area contributed by atoms with Gasteiger partial charge in [0.15, 0.2) is 0 Å². The summed E-state index contributed by atoms with van der Waals surface area (Å²) in [5.41, 5.74) is 4.79. The standard InChI is InChI=1S/C26H28N8OS/c1-4-24(35)28-19-6-5-7-21(17-19)36-25-23-10-11-27-34(23)31-26(30-25)29-22-9-8-20(16-18(22)2)33-14-12-32(3)13-15-33/h4-11,16-17H,1,12-15H2,2-3H3,(H,28,35)(H,29,31). The maximum atomic E-state index is 11.7. The smallest absolute Gasteiger partial charge is 0.248 e. The zero-order valence-corrected chi connectivity index (χ0v) is 21.1. The van der Waals surface area contributed by atoms with Crippen molar-refractivity contribution >= 4 is 46.2 Å². The Hall–Kier alpha value is -3.89. The molecule has 5 rings (SSSR count). The van der Waals surface area contributed by atoms with Crippen LogP contribution in [-0.2, 0) is 4.79 Å². The molecule has 2 aromatic heterocycles. The highest BCUT2D eigenvalue weighted by atomic mass is 32.2. The Kier molecular flexibility index (Phi) is 6.88. The summed E-state index contributed by atoms with van der Waals surface area (Å²) in [5, 5.41) is 15.8. The number of hydrogen-bond acceptors (Lipinski definition) is 8. The van der Waals surface area contributed by atoms with E-state index in [-0.39, 0.29) is 5.91 Å². The topological polar surface area (TPSA) is 90.7 Å². The number of likely N-dealkylation sites (N-methyl/N-ethyl adjacent to an activating group) is 1. The third kappa shape index (κ3) is 5.34. The van der Waals surface area contributed by atoms with Crippen molar-refractivity contribution in [3.8, 4) is 0 Å². The first-order valence-corrected chi connectivity index (χ1v) is 12.5. The van der Waals surface area contributed by atoms with E-state index in [4.69, 9.17) is 4.98 Å². The lowest BCUT2D eigenvalue weighted by molar-refractivity contribution is -0.111. The Morgan fingerprint density at radius 3 is 2.72 bits per heavy atom. The maximum Gasteiger partial charge on any atom is 0.248 e. The van der Waals surface area contributed by atoms with Crippen molar-refractivity contribution < 1.29 is 4.79 Å². The van der Waals surface area contributed by atoms with Gasteiger partial charge < -0.3 is 20.4 Å². The molecule has 1 fully saturated rings. The van der Waals surface area contributed by atoms with Crippen molar-refractivity contribution in [1.82, 2.24) is 24.7 Å². The second-order valence-corrected chi connectivity index (χ2v) is 9.75. The fourth-order valence-electron chi connectivity index (χ4n) is 4.04. The number of fused-ring (bicyclic) bond motifs is 1. The van der Waals surface area contributed by atoms with Crippen LogP contribution < -0.4 is 15.5 Å². The average Bonchev–Trinajstić information content (AvgIpc) is 3.35. The van der Waals surface area contributed by atoms with Gasteiger partial charge in [0.2, 0.25) is 11.9 Å². The number of nitrogens with zero attached hydrogens (tertiary/aromatic N) is 6. The predicted molar refractivity (Wildman–Crippen MR) is 144 cm³/mol. The zero-order chi connectivity index (χ0) is 25.1. The van der Waals surface area contributed by atoms with Crippen LogP contribution in [0.4, 0.5) is 23.0 Å². The monoisotopic (exact) mass is 500 g/mol. The van der Waals surface area contributed by atoms with E-state index >= 15 is 0 Å². The van der Waals surface area contributed by atoms with Gasteiger partial charge in [0.1, 0.15) is 10.5 Å². The summed E-state index contributed by atoms with van der Waals surface area (Å²) in [5.74, 6) is 0.207. The van der Waals surface area contributed by atoms with Gasteiger partial charge in [-0.2, -0.15) is 5.10 Å². The molecule has 0 aliphatic carbocycles. The molecule has 3 heterocycles. The van der Waals surface area contributed by atoms with E-state index in [0.29, 0.717) is 11.6 Å². The first-order chi connectivity index (χ1) is 17.5. The molecule has 0 unspecified atom stereocenters. The highest BCUT2D eigenvalue weighted by molar-refractivity contribution is 7.99. The fraction of sp³-hybridized carbons (Fsp3) is 0.231. The molecular formula is C26H28N8OS. The van der Waals surface area contributed by atoms with Crippen LogP contribution in [0.3, 0.4) is 0 Å². The normalized spacial score (nSPS) is 14.1. The van der Waals surface area contributed by atoms with Gasteiger partial charge in [-0.15, -0.1) is 9.73 Å². The number of carbonyl (C=O) groups excluding carboxylic acids is 1. The molecule has 4 aromatic rings. The first kappa shape index (κ1) is 23.8. The first-order valence-electron chi connectivity index (χ1n) is 11.7.